The fourth-order valence-electron chi connectivity index (χ4n) is 5.02. The molecule has 0 spiro atoms. The number of terminal acetylenes is 1. The van der Waals surface area contributed by atoms with Crippen molar-refractivity contribution >= 4 is 23.9 Å². The molecule has 0 saturated carbocycles. The maximum Gasteiger partial charge on any atom is 0.410 e. The maximum atomic E-state index is 13.2. The Hall–Kier alpha value is -3.54. The quantitative estimate of drug-likeness (QED) is 0.418. The summed E-state index contributed by atoms with van der Waals surface area (Å²) in [5.41, 5.74) is 1.20. The van der Waals surface area contributed by atoms with Crippen molar-refractivity contribution in [3.05, 3.63) is 35.4 Å². The molecule has 2 saturated heterocycles. The van der Waals surface area contributed by atoms with Crippen LogP contribution in [-0.4, -0.2) is 78.1 Å². The lowest BCUT2D eigenvalue weighted by atomic mass is 9.89. The van der Waals surface area contributed by atoms with Crippen LogP contribution >= 0.6 is 0 Å². The fraction of sp³-hybridized carbons (Fsp3) is 0.600. The molecule has 3 rings (SSSR count). The summed E-state index contributed by atoms with van der Waals surface area (Å²) in [6.07, 6.45) is 8.12. The standard InChI is InChI=1S/C30H41N3O6/c1-6-9-25(28(36)38-7-2)31-26(34)24-10-8-17-33(20-24)27(35)23-13-11-21(12-14-23)22-15-18-32(19-16-22)29(37)39-30(3,4)5/h1,11-14,22,24-25H,7-10,15-20H2,2-5H3,(H,31,34)/t24-,25+/m1/s1. The summed E-state index contributed by atoms with van der Waals surface area (Å²) < 4.78 is 10.5. The van der Waals surface area contributed by atoms with Crippen LogP contribution < -0.4 is 5.32 Å². The molecule has 0 radical (unpaired) electrons. The number of hydrogen-bond donors (Lipinski definition) is 1. The first kappa shape index (κ1) is 30.0. The molecule has 0 unspecified atom stereocenters. The Morgan fingerprint density at radius 1 is 1.05 bits per heavy atom. The highest BCUT2D eigenvalue weighted by Crippen LogP contribution is 2.29. The molecule has 2 fully saturated rings. The van der Waals surface area contributed by atoms with Crippen molar-refractivity contribution in [2.75, 3.05) is 32.8 Å². The Labute approximate surface area is 231 Å². The van der Waals surface area contributed by atoms with E-state index in [4.69, 9.17) is 15.9 Å². The van der Waals surface area contributed by atoms with Gasteiger partial charge < -0.3 is 24.6 Å². The molecule has 2 aliphatic rings. The minimum absolute atomic E-state index is 0.0479. The van der Waals surface area contributed by atoms with E-state index in [0.29, 0.717) is 44.0 Å². The van der Waals surface area contributed by atoms with Gasteiger partial charge in [-0.05, 0) is 77.0 Å². The van der Waals surface area contributed by atoms with E-state index in [1.165, 1.54) is 0 Å². The first-order valence-electron chi connectivity index (χ1n) is 13.8. The van der Waals surface area contributed by atoms with Gasteiger partial charge in [-0.1, -0.05) is 12.1 Å². The molecular formula is C30H41N3O6. The second kappa shape index (κ2) is 13.5. The Bertz CT molecular complexity index is 1060. The maximum absolute atomic E-state index is 13.2. The second-order valence-electron chi connectivity index (χ2n) is 11.2. The zero-order valence-electron chi connectivity index (χ0n) is 23.5. The lowest BCUT2D eigenvalue weighted by molar-refractivity contribution is -0.147. The molecule has 212 valence electrons. The van der Waals surface area contributed by atoms with Crippen LogP contribution in [-0.2, 0) is 19.1 Å². The molecule has 9 nitrogen and oxygen atoms in total. The summed E-state index contributed by atoms with van der Waals surface area (Å²) in [6.45, 7) is 9.60. The molecule has 0 bridgehead atoms. The number of nitrogens with one attached hydrogen (secondary N) is 1. The third-order valence-corrected chi connectivity index (χ3v) is 7.06. The van der Waals surface area contributed by atoms with Crippen LogP contribution in [0.1, 0.15) is 81.6 Å². The molecule has 0 aromatic heterocycles. The Kier molecular flexibility index (Phi) is 10.4. The number of ether oxygens (including phenoxy) is 2. The van der Waals surface area contributed by atoms with Gasteiger partial charge in [-0.2, -0.15) is 0 Å². The van der Waals surface area contributed by atoms with E-state index >= 15 is 0 Å². The molecule has 2 aliphatic heterocycles. The summed E-state index contributed by atoms with van der Waals surface area (Å²) >= 11 is 0. The minimum Gasteiger partial charge on any atom is -0.464 e. The number of esters is 1. The fourth-order valence-corrected chi connectivity index (χ4v) is 5.02. The first-order chi connectivity index (χ1) is 18.5. The van der Waals surface area contributed by atoms with Crippen LogP contribution in [0.25, 0.3) is 0 Å². The van der Waals surface area contributed by atoms with E-state index < -0.39 is 23.5 Å². The van der Waals surface area contributed by atoms with Crippen LogP contribution in [0, 0.1) is 18.3 Å². The largest absolute Gasteiger partial charge is 0.464 e. The molecule has 3 amide bonds. The Morgan fingerprint density at radius 2 is 1.72 bits per heavy atom. The highest BCUT2D eigenvalue weighted by molar-refractivity contribution is 5.95. The number of nitrogens with zero attached hydrogens (tertiary/aromatic N) is 2. The lowest BCUT2D eigenvalue weighted by Crippen LogP contribution is -2.49. The Morgan fingerprint density at radius 3 is 2.31 bits per heavy atom. The van der Waals surface area contributed by atoms with Gasteiger partial charge >= 0.3 is 12.1 Å². The molecule has 1 aromatic carbocycles. The van der Waals surface area contributed by atoms with Gasteiger partial charge in [0, 0.05) is 38.2 Å². The van der Waals surface area contributed by atoms with Crippen LogP contribution in [0.5, 0.6) is 0 Å². The van der Waals surface area contributed by atoms with E-state index in [9.17, 15) is 19.2 Å². The van der Waals surface area contributed by atoms with Crippen LogP contribution in [0.15, 0.2) is 24.3 Å². The van der Waals surface area contributed by atoms with Gasteiger partial charge in [0.25, 0.3) is 5.91 Å². The smallest absolute Gasteiger partial charge is 0.410 e. The molecule has 2 atom stereocenters. The molecule has 1 aromatic rings. The zero-order chi connectivity index (χ0) is 28.6. The van der Waals surface area contributed by atoms with Crippen molar-refractivity contribution in [1.29, 1.82) is 0 Å². The van der Waals surface area contributed by atoms with Crippen molar-refractivity contribution in [2.45, 2.75) is 77.4 Å². The van der Waals surface area contributed by atoms with Crippen molar-refractivity contribution < 1.29 is 28.7 Å². The first-order valence-corrected chi connectivity index (χ1v) is 13.8. The summed E-state index contributed by atoms with van der Waals surface area (Å²) in [5.74, 6) is 1.32. The third kappa shape index (κ3) is 8.47. The van der Waals surface area contributed by atoms with Crippen molar-refractivity contribution in [1.82, 2.24) is 15.1 Å². The summed E-state index contributed by atoms with van der Waals surface area (Å²) in [6, 6.07) is 6.76. The predicted octanol–water partition coefficient (Wildman–Crippen LogP) is 3.72. The number of amides is 3. The average molecular weight is 540 g/mol. The predicted molar refractivity (Wildman–Crippen MR) is 147 cm³/mol. The van der Waals surface area contributed by atoms with E-state index in [1.54, 1.807) is 16.7 Å². The van der Waals surface area contributed by atoms with E-state index in [-0.39, 0.29) is 37.5 Å². The second-order valence-corrected chi connectivity index (χ2v) is 11.2. The molecular weight excluding hydrogens is 498 g/mol. The van der Waals surface area contributed by atoms with Crippen molar-refractivity contribution in [3.8, 4) is 12.3 Å². The van der Waals surface area contributed by atoms with Crippen molar-refractivity contribution in [3.63, 3.8) is 0 Å². The van der Waals surface area contributed by atoms with Gasteiger partial charge in [-0.25, -0.2) is 9.59 Å². The van der Waals surface area contributed by atoms with E-state index in [1.807, 2.05) is 45.0 Å². The number of hydrogen-bond acceptors (Lipinski definition) is 6. The molecule has 2 heterocycles. The van der Waals surface area contributed by atoms with E-state index in [2.05, 4.69) is 11.2 Å². The van der Waals surface area contributed by atoms with Crippen LogP contribution in [0.3, 0.4) is 0 Å². The van der Waals surface area contributed by atoms with Gasteiger partial charge in [0.05, 0.1) is 12.5 Å². The number of carbonyl (C=O) groups excluding carboxylic acids is 4. The van der Waals surface area contributed by atoms with Gasteiger partial charge in [-0.3, -0.25) is 9.59 Å². The number of benzene rings is 1. The van der Waals surface area contributed by atoms with Crippen molar-refractivity contribution in [2.24, 2.45) is 5.92 Å². The number of piperidine rings is 2. The monoisotopic (exact) mass is 539 g/mol. The zero-order valence-corrected chi connectivity index (χ0v) is 23.5. The number of likely N-dealkylation sites (tertiary alicyclic amines) is 2. The highest BCUT2D eigenvalue weighted by atomic mass is 16.6. The minimum atomic E-state index is -0.892. The number of rotatable bonds is 7. The van der Waals surface area contributed by atoms with Gasteiger partial charge in [-0.15, -0.1) is 12.3 Å². The average Bonchev–Trinajstić information content (AvgIpc) is 2.92. The Balaban J connectivity index is 1.55. The summed E-state index contributed by atoms with van der Waals surface area (Å²) in [7, 11) is 0. The van der Waals surface area contributed by atoms with E-state index in [0.717, 1.165) is 18.4 Å². The molecule has 9 heteroatoms. The summed E-state index contributed by atoms with van der Waals surface area (Å²) in [4.78, 5) is 54.0. The molecule has 0 aliphatic carbocycles. The van der Waals surface area contributed by atoms with Gasteiger partial charge in [0.15, 0.2) is 0 Å². The highest BCUT2D eigenvalue weighted by Gasteiger charge is 2.32. The van der Waals surface area contributed by atoms with Crippen LogP contribution in [0.2, 0.25) is 0 Å². The third-order valence-electron chi connectivity index (χ3n) is 7.06. The topological polar surface area (TPSA) is 105 Å². The normalized spacial score (nSPS) is 19.0. The van der Waals surface area contributed by atoms with Gasteiger partial charge in [0.1, 0.15) is 11.6 Å². The summed E-state index contributed by atoms with van der Waals surface area (Å²) in [5, 5.41) is 2.71. The SMILES string of the molecule is C#CC[C@H](NC(=O)[C@@H]1CCCN(C(=O)c2ccc(C3CCN(C(=O)OC(C)(C)C)CC3)cc2)C1)C(=O)OCC. The van der Waals surface area contributed by atoms with Gasteiger partial charge in [0.2, 0.25) is 5.91 Å². The lowest BCUT2D eigenvalue weighted by Gasteiger charge is -2.34. The molecule has 39 heavy (non-hydrogen) atoms. The molecule has 1 N–H and O–H groups in total. The van der Waals surface area contributed by atoms with Crippen LogP contribution in [0.4, 0.5) is 4.79 Å². The number of carbonyl (C=O) groups is 4.